The number of esters is 1. The lowest BCUT2D eigenvalue weighted by Gasteiger charge is -2.13. The van der Waals surface area contributed by atoms with Crippen LogP contribution in [0.2, 0.25) is 0 Å². The van der Waals surface area contributed by atoms with E-state index in [-0.39, 0.29) is 17.7 Å². The number of aromatic nitrogens is 3. The zero-order chi connectivity index (χ0) is 20.4. The van der Waals surface area contributed by atoms with Crippen LogP contribution in [-0.2, 0) is 9.53 Å². The van der Waals surface area contributed by atoms with Crippen LogP contribution in [0.3, 0.4) is 0 Å². The normalized spacial score (nSPS) is 13.8. The van der Waals surface area contributed by atoms with Crippen LogP contribution < -0.4 is 5.32 Å². The highest BCUT2D eigenvalue weighted by Crippen LogP contribution is 2.41. The largest absolute Gasteiger partial charge is 0.462 e. The van der Waals surface area contributed by atoms with Gasteiger partial charge in [0, 0.05) is 16.8 Å². The zero-order valence-corrected chi connectivity index (χ0v) is 18.5. The zero-order valence-electron chi connectivity index (χ0n) is 16.9. The predicted octanol–water partition coefficient (Wildman–Crippen LogP) is 4.32. The Morgan fingerprint density at radius 2 is 2.04 bits per heavy atom. The number of carbonyl (C=O) groups excluding carboxylic acids is 2. The molecule has 28 heavy (non-hydrogen) atoms. The van der Waals surface area contributed by atoms with Gasteiger partial charge in [0.1, 0.15) is 10.8 Å². The van der Waals surface area contributed by atoms with Gasteiger partial charge in [0.05, 0.1) is 17.9 Å². The summed E-state index contributed by atoms with van der Waals surface area (Å²) in [5.41, 5.74) is 1.30. The number of nitrogens with zero attached hydrogens (tertiary/aromatic N) is 3. The molecule has 0 unspecified atom stereocenters. The van der Waals surface area contributed by atoms with Crippen molar-refractivity contribution in [1.82, 2.24) is 14.8 Å². The monoisotopic (exact) mass is 422 g/mol. The molecule has 0 aromatic carbocycles. The van der Waals surface area contributed by atoms with E-state index in [2.05, 4.69) is 33.9 Å². The number of anilines is 1. The number of thiophene rings is 1. The minimum atomic E-state index is -0.402. The Balaban J connectivity index is 1.69. The van der Waals surface area contributed by atoms with Crippen LogP contribution in [0, 0.1) is 13.8 Å². The van der Waals surface area contributed by atoms with Crippen LogP contribution in [0.25, 0.3) is 0 Å². The maximum atomic E-state index is 12.5. The van der Waals surface area contributed by atoms with Crippen LogP contribution >= 0.6 is 23.1 Å². The molecule has 1 saturated carbocycles. The third kappa shape index (κ3) is 4.41. The van der Waals surface area contributed by atoms with E-state index in [1.54, 1.807) is 6.92 Å². The Labute approximate surface area is 173 Å². The lowest BCUT2D eigenvalue weighted by atomic mass is 10.1. The van der Waals surface area contributed by atoms with Gasteiger partial charge in [-0.1, -0.05) is 11.8 Å². The van der Waals surface area contributed by atoms with Crippen LogP contribution in [0.15, 0.2) is 5.16 Å². The molecule has 0 bridgehead atoms. The minimum Gasteiger partial charge on any atom is -0.462 e. The van der Waals surface area contributed by atoms with E-state index >= 15 is 0 Å². The Bertz CT molecular complexity index is 884. The number of hydrogen-bond donors (Lipinski definition) is 1. The lowest BCUT2D eigenvalue weighted by molar-refractivity contribution is -0.113. The molecule has 1 fully saturated rings. The quantitative estimate of drug-likeness (QED) is 0.504. The molecule has 9 heteroatoms. The molecule has 3 rings (SSSR count). The van der Waals surface area contributed by atoms with Gasteiger partial charge < -0.3 is 14.6 Å². The summed E-state index contributed by atoms with van der Waals surface area (Å²) in [5.74, 6) is 1.15. The maximum Gasteiger partial charge on any atom is 0.341 e. The Kier molecular flexibility index (Phi) is 6.44. The van der Waals surface area contributed by atoms with Crippen molar-refractivity contribution in [1.29, 1.82) is 0 Å². The summed E-state index contributed by atoms with van der Waals surface area (Å²) in [5, 5.41) is 12.8. The standard InChI is InChI=1S/C19H26N4O3S2/c1-6-26-18(25)15-11(4)12(5)28-17(15)20-14(24)9-27-19-22-21-16(13-7-8-13)23(19)10(2)3/h10,13H,6-9H2,1-5H3,(H,20,24). The Morgan fingerprint density at radius 3 is 2.64 bits per heavy atom. The van der Waals surface area contributed by atoms with Crippen LogP contribution in [0.4, 0.5) is 5.00 Å². The van der Waals surface area contributed by atoms with E-state index in [1.807, 2.05) is 13.8 Å². The van der Waals surface area contributed by atoms with Gasteiger partial charge >= 0.3 is 5.97 Å². The van der Waals surface area contributed by atoms with Crippen molar-refractivity contribution in [3.05, 3.63) is 21.8 Å². The first-order valence-corrected chi connectivity index (χ1v) is 11.3. The van der Waals surface area contributed by atoms with E-state index < -0.39 is 5.97 Å². The average Bonchev–Trinajstić information content (AvgIpc) is 3.32. The first-order chi connectivity index (χ1) is 13.3. The number of aryl methyl sites for hydroxylation is 1. The summed E-state index contributed by atoms with van der Waals surface area (Å²) in [4.78, 5) is 25.8. The summed E-state index contributed by atoms with van der Waals surface area (Å²) in [6.45, 7) is 10.1. The van der Waals surface area contributed by atoms with Crippen LogP contribution in [0.5, 0.6) is 0 Å². The molecular formula is C19H26N4O3S2. The van der Waals surface area contributed by atoms with E-state index in [1.165, 1.54) is 23.1 Å². The number of rotatable bonds is 8. The second-order valence-corrected chi connectivity index (χ2v) is 9.29. The van der Waals surface area contributed by atoms with E-state index in [0.717, 1.165) is 34.3 Å². The highest BCUT2D eigenvalue weighted by atomic mass is 32.2. The molecule has 0 aliphatic heterocycles. The fourth-order valence-corrected chi connectivity index (χ4v) is 4.89. The number of nitrogens with one attached hydrogen (secondary N) is 1. The molecule has 1 amide bonds. The number of ether oxygens (including phenoxy) is 1. The van der Waals surface area contributed by atoms with Crippen LogP contribution in [0.1, 0.15) is 72.2 Å². The van der Waals surface area contributed by atoms with Crippen molar-refractivity contribution in [3.63, 3.8) is 0 Å². The van der Waals surface area contributed by atoms with Crippen molar-refractivity contribution in [2.45, 2.75) is 64.6 Å². The van der Waals surface area contributed by atoms with Crippen molar-refractivity contribution < 1.29 is 14.3 Å². The van der Waals surface area contributed by atoms with Gasteiger partial charge in [-0.25, -0.2) is 4.79 Å². The van der Waals surface area contributed by atoms with Gasteiger partial charge in [0.25, 0.3) is 0 Å². The average molecular weight is 423 g/mol. The highest BCUT2D eigenvalue weighted by Gasteiger charge is 2.31. The highest BCUT2D eigenvalue weighted by molar-refractivity contribution is 7.99. The van der Waals surface area contributed by atoms with Gasteiger partial charge in [0.15, 0.2) is 5.16 Å². The lowest BCUT2D eigenvalue weighted by Crippen LogP contribution is -2.17. The molecule has 0 atom stereocenters. The second kappa shape index (κ2) is 8.65. The number of hydrogen-bond acceptors (Lipinski definition) is 7. The molecule has 2 aromatic rings. The third-order valence-electron chi connectivity index (χ3n) is 4.60. The minimum absolute atomic E-state index is 0.178. The predicted molar refractivity (Wildman–Crippen MR) is 111 cm³/mol. The SMILES string of the molecule is CCOC(=O)c1c(NC(=O)CSc2nnc(C3CC3)n2C(C)C)sc(C)c1C. The fourth-order valence-electron chi connectivity index (χ4n) is 2.95. The fraction of sp³-hybridized carbons (Fsp3) is 0.579. The molecule has 7 nitrogen and oxygen atoms in total. The van der Waals surface area contributed by atoms with Gasteiger partial charge in [-0.15, -0.1) is 21.5 Å². The summed E-state index contributed by atoms with van der Waals surface area (Å²) in [7, 11) is 0. The van der Waals surface area contributed by atoms with Crippen molar-refractivity contribution in [2.24, 2.45) is 0 Å². The number of carbonyl (C=O) groups is 2. The van der Waals surface area contributed by atoms with Crippen molar-refractivity contribution in [2.75, 3.05) is 17.7 Å². The Morgan fingerprint density at radius 1 is 1.32 bits per heavy atom. The first-order valence-electron chi connectivity index (χ1n) is 9.48. The summed E-state index contributed by atoms with van der Waals surface area (Å²) >= 11 is 2.76. The molecule has 1 aliphatic rings. The molecule has 2 heterocycles. The first kappa shape index (κ1) is 20.9. The molecule has 152 valence electrons. The molecule has 1 aliphatic carbocycles. The molecule has 1 N–H and O–H groups in total. The number of thioether (sulfide) groups is 1. The van der Waals surface area contributed by atoms with Gasteiger partial charge in [0.2, 0.25) is 5.91 Å². The maximum absolute atomic E-state index is 12.5. The third-order valence-corrected chi connectivity index (χ3v) is 6.67. The van der Waals surface area contributed by atoms with E-state index in [4.69, 9.17) is 4.74 Å². The van der Waals surface area contributed by atoms with Gasteiger partial charge in [-0.2, -0.15) is 0 Å². The molecule has 0 saturated heterocycles. The summed E-state index contributed by atoms with van der Waals surface area (Å²) in [6.07, 6.45) is 2.31. The number of amides is 1. The van der Waals surface area contributed by atoms with Gasteiger partial charge in [-0.3, -0.25) is 4.79 Å². The molecule has 0 radical (unpaired) electrons. The van der Waals surface area contributed by atoms with E-state index in [9.17, 15) is 9.59 Å². The summed E-state index contributed by atoms with van der Waals surface area (Å²) in [6, 6.07) is 0.245. The van der Waals surface area contributed by atoms with Crippen molar-refractivity contribution >= 4 is 40.0 Å². The Hall–Kier alpha value is -1.87. The topological polar surface area (TPSA) is 86.1 Å². The second-order valence-electron chi connectivity index (χ2n) is 7.12. The molecule has 0 spiro atoms. The van der Waals surface area contributed by atoms with E-state index in [0.29, 0.717) is 23.1 Å². The van der Waals surface area contributed by atoms with Crippen molar-refractivity contribution in [3.8, 4) is 0 Å². The van der Waals surface area contributed by atoms with Gasteiger partial charge in [-0.05, 0) is 53.0 Å². The van der Waals surface area contributed by atoms with Crippen LogP contribution in [-0.4, -0.2) is 39.0 Å². The molecule has 2 aromatic heterocycles. The summed E-state index contributed by atoms with van der Waals surface area (Å²) < 4.78 is 7.26. The molecular weight excluding hydrogens is 396 g/mol. The smallest absolute Gasteiger partial charge is 0.341 e.